The molecule has 0 aliphatic carbocycles. The van der Waals surface area contributed by atoms with Crippen LogP contribution in [0.5, 0.6) is 0 Å². The minimum atomic E-state index is -4.80. The van der Waals surface area contributed by atoms with Gasteiger partial charge in [0.05, 0.1) is 22.9 Å². The van der Waals surface area contributed by atoms with Gasteiger partial charge in [-0.25, -0.2) is 14.4 Å². The molecule has 2 aromatic carbocycles. The quantitative estimate of drug-likeness (QED) is 0.494. The number of fused-ring (bicyclic) bond motifs is 1. The number of halogens is 5. The summed E-state index contributed by atoms with van der Waals surface area (Å²) in [4.78, 5) is 11.6. The molecule has 0 radical (unpaired) electrons. The number of ether oxygens (including phenoxy) is 1. The Balaban J connectivity index is 1.70. The summed E-state index contributed by atoms with van der Waals surface area (Å²) in [5.41, 5.74) is 0.485. The monoisotopic (exact) mass is 422 g/mol. The molecule has 156 valence electrons. The number of aliphatic imine (C=N–C) groups is 1. The topological polar surface area (TPSA) is 59.4 Å². The number of anilines is 1. The second-order valence-electron chi connectivity index (χ2n) is 6.65. The van der Waals surface area contributed by atoms with Gasteiger partial charge in [-0.3, -0.25) is 5.32 Å². The fraction of sp³-hybridized carbons (Fsp3) is 0.250. The van der Waals surface area contributed by atoms with Gasteiger partial charge < -0.3 is 4.74 Å². The molecule has 3 unspecified atom stereocenters. The summed E-state index contributed by atoms with van der Waals surface area (Å²) in [6.07, 6.45) is -7.15. The van der Waals surface area contributed by atoms with Crippen LogP contribution in [-0.4, -0.2) is 41.0 Å². The lowest BCUT2D eigenvalue weighted by atomic mass is 9.86. The fourth-order valence-corrected chi connectivity index (χ4v) is 3.38. The normalized spacial score (nSPS) is 21.8. The fourth-order valence-electron chi connectivity index (χ4n) is 3.38. The van der Waals surface area contributed by atoms with E-state index in [0.717, 1.165) is 0 Å². The Bertz CT molecular complexity index is 1070. The summed E-state index contributed by atoms with van der Waals surface area (Å²) in [5.74, 6) is -2.59. The molecule has 0 spiro atoms. The third kappa shape index (κ3) is 3.89. The highest BCUT2D eigenvalue weighted by atomic mass is 19.4. The zero-order chi connectivity index (χ0) is 21.3. The average Bonchev–Trinajstić information content (AvgIpc) is 2.73. The van der Waals surface area contributed by atoms with Gasteiger partial charge in [-0.05, 0) is 17.7 Å². The molecular formula is C20H15F5N4O. The maximum absolute atomic E-state index is 14.2. The molecule has 30 heavy (non-hydrogen) atoms. The number of alkyl halides is 4. The van der Waals surface area contributed by atoms with Crippen molar-refractivity contribution in [2.24, 2.45) is 4.99 Å². The largest absolute Gasteiger partial charge is 0.451 e. The van der Waals surface area contributed by atoms with Gasteiger partial charge in [-0.1, -0.05) is 42.5 Å². The molecule has 4 rings (SSSR count). The van der Waals surface area contributed by atoms with Gasteiger partial charge in [-0.15, -0.1) is 0 Å². The minimum Gasteiger partial charge on any atom is -0.451 e. The van der Waals surface area contributed by atoms with E-state index in [0.29, 0.717) is 0 Å². The maximum atomic E-state index is 14.2. The van der Waals surface area contributed by atoms with E-state index in [4.69, 9.17) is 4.74 Å². The van der Waals surface area contributed by atoms with Crippen molar-refractivity contribution < 1.29 is 26.7 Å². The van der Waals surface area contributed by atoms with Crippen LogP contribution < -0.4 is 5.32 Å². The predicted octanol–water partition coefficient (Wildman–Crippen LogP) is 4.62. The molecule has 1 N–H and O–H groups in total. The Hall–Kier alpha value is -3.30. The van der Waals surface area contributed by atoms with Crippen LogP contribution in [0.4, 0.5) is 27.9 Å². The first-order chi connectivity index (χ1) is 14.4. The standard InChI is InChI=1S/C20H15F5N4O/c21-10-14-15(11-6-2-1-3-7-11)16(20(23,24)25)30-19(27-14)29-18-26-13-9-5-4-8-12(13)17(22)28-18/h1-9,14-16H,10H2,(H,26,27,28,29). The van der Waals surface area contributed by atoms with Gasteiger partial charge in [0.2, 0.25) is 18.0 Å². The van der Waals surface area contributed by atoms with Crippen molar-refractivity contribution in [3.8, 4) is 0 Å². The first-order valence-corrected chi connectivity index (χ1v) is 8.98. The SMILES string of the molecule is FCC1N=C(Nc2nc(F)c3ccccc3n2)OC(C(F)(F)F)C1c1ccccc1. The highest BCUT2D eigenvalue weighted by Crippen LogP contribution is 2.40. The van der Waals surface area contributed by atoms with E-state index < -0.39 is 42.9 Å². The Kier molecular flexibility index (Phi) is 5.23. The molecule has 2 heterocycles. The number of benzene rings is 2. The van der Waals surface area contributed by atoms with Gasteiger partial charge >= 0.3 is 6.18 Å². The van der Waals surface area contributed by atoms with Crippen molar-refractivity contribution in [1.82, 2.24) is 9.97 Å². The summed E-state index contributed by atoms with van der Waals surface area (Å²) < 4.78 is 74.2. The van der Waals surface area contributed by atoms with E-state index in [1.54, 1.807) is 30.3 Å². The van der Waals surface area contributed by atoms with Crippen LogP contribution in [0.2, 0.25) is 0 Å². The number of hydrogen-bond donors (Lipinski definition) is 1. The van der Waals surface area contributed by atoms with Crippen LogP contribution in [0.1, 0.15) is 11.5 Å². The van der Waals surface area contributed by atoms with Crippen molar-refractivity contribution in [1.29, 1.82) is 0 Å². The summed E-state index contributed by atoms with van der Waals surface area (Å²) in [6, 6.07) is 11.9. The van der Waals surface area contributed by atoms with E-state index in [1.165, 1.54) is 24.3 Å². The second kappa shape index (κ2) is 7.85. The molecule has 0 saturated heterocycles. The van der Waals surface area contributed by atoms with E-state index in [2.05, 4.69) is 20.3 Å². The number of para-hydroxylation sites is 1. The Morgan fingerprint density at radius 3 is 2.37 bits per heavy atom. The lowest BCUT2D eigenvalue weighted by Crippen LogP contribution is -2.48. The van der Waals surface area contributed by atoms with Gasteiger partial charge in [0.15, 0.2) is 0 Å². The number of hydrogen-bond acceptors (Lipinski definition) is 5. The maximum Gasteiger partial charge on any atom is 0.426 e. The van der Waals surface area contributed by atoms with Gasteiger partial charge in [-0.2, -0.15) is 22.5 Å². The third-order valence-electron chi connectivity index (χ3n) is 4.70. The van der Waals surface area contributed by atoms with Crippen molar-refractivity contribution in [2.75, 3.05) is 12.0 Å². The van der Waals surface area contributed by atoms with Crippen LogP contribution >= 0.6 is 0 Å². The Morgan fingerprint density at radius 2 is 1.67 bits per heavy atom. The van der Waals surface area contributed by atoms with Crippen molar-refractivity contribution >= 4 is 22.9 Å². The lowest BCUT2D eigenvalue weighted by Gasteiger charge is -2.36. The molecular weight excluding hydrogens is 407 g/mol. The van der Waals surface area contributed by atoms with Gasteiger partial charge in [0.1, 0.15) is 6.67 Å². The number of amidine groups is 1. The van der Waals surface area contributed by atoms with Crippen molar-refractivity contribution in [2.45, 2.75) is 24.2 Å². The van der Waals surface area contributed by atoms with E-state index in [1.807, 2.05) is 0 Å². The molecule has 3 aromatic rings. The number of nitrogens with one attached hydrogen (secondary N) is 1. The Morgan fingerprint density at radius 1 is 0.967 bits per heavy atom. The van der Waals surface area contributed by atoms with Gasteiger partial charge in [0.25, 0.3) is 6.02 Å². The highest BCUT2D eigenvalue weighted by Gasteiger charge is 2.53. The van der Waals surface area contributed by atoms with Gasteiger partial charge in [0, 0.05) is 0 Å². The molecule has 1 aliphatic rings. The molecule has 1 aliphatic heterocycles. The van der Waals surface area contributed by atoms with Crippen molar-refractivity contribution in [3.05, 3.63) is 66.1 Å². The Labute approximate surface area is 167 Å². The number of aromatic nitrogens is 2. The molecule has 0 saturated carbocycles. The molecule has 0 fully saturated rings. The molecule has 3 atom stereocenters. The minimum absolute atomic E-state index is 0.147. The van der Waals surface area contributed by atoms with Crippen LogP contribution in [0.3, 0.4) is 0 Å². The van der Waals surface area contributed by atoms with Crippen LogP contribution in [0.15, 0.2) is 59.6 Å². The summed E-state index contributed by atoms with van der Waals surface area (Å²) in [6.45, 7) is -1.15. The summed E-state index contributed by atoms with van der Waals surface area (Å²) in [7, 11) is 0. The van der Waals surface area contributed by atoms with E-state index >= 15 is 0 Å². The molecule has 0 amide bonds. The summed E-state index contributed by atoms with van der Waals surface area (Å²) in [5, 5.41) is 2.50. The van der Waals surface area contributed by atoms with E-state index in [-0.39, 0.29) is 22.4 Å². The second-order valence-corrected chi connectivity index (χ2v) is 6.65. The highest BCUT2D eigenvalue weighted by molar-refractivity contribution is 5.89. The first-order valence-electron chi connectivity index (χ1n) is 8.98. The smallest absolute Gasteiger partial charge is 0.426 e. The molecule has 0 bridgehead atoms. The summed E-state index contributed by atoms with van der Waals surface area (Å²) >= 11 is 0. The molecule has 5 nitrogen and oxygen atoms in total. The van der Waals surface area contributed by atoms with Crippen LogP contribution in [0.25, 0.3) is 10.9 Å². The lowest BCUT2D eigenvalue weighted by molar-refractivity contribution is -0.210. The van der Waals surface area contributed by atoms with Crippen LogP contribution in [-0.2, 0) is 4.74 Å². The first kappa shape index (κ1) is 20.0. The zero-order valence-corrected chi connectivity index (χ0v) is 15.3. The van der Waals surface area contributed by atoms with Crippen molar-refractivity contribution in [3.63, 3.8) is 0 Å². The molecule has 1 aromatic heterocycles. The predicted molar refractivity (Wildman–Crippen MR) is 100 cm³/mol. The van der Waals surface area contributed by atoms with E-state index in [9.17, 15) is 22.0 Å². The third-order valence-corrected chi connectivity index (χ3v) is 4.70. The molecule has 10 heteroatoms. The zero-order valence-electron chi connectivity index (χ0n) is 15.3. The number of nitrogens with zero attached hydrogens (tertiary/aromatic N) is 3. The average molecular weight is 422 g/mol. The number of rotatable bonds is 3. The van der Waals surface area contributed by atoms with Crippen LogP contribution in [0, 0.1) is 5.95 Å².